The van der Waals surface area contributed by atoms with Gasteiger partial charge in [-0.2, -0.15) is 0 Å². The van der Waals surface area contributed by atoms with E-state index < -0.39 is 0 Å². The lowest BCUT2D eigenvalue weighted by molar-refractivity contribution is 0.669. The molecule has 0 aliphatic rings. The molecule has 0 saturated carbocycles. The van der Waals surface area contributed by atoms with Gasteiger partial charge in [-0.15, -0.1) is 11.3 Å². The van der Waals surface area contributed by atoms with Crippen molar-refractivity contribution in [2.24, 2.45) is 0 Å². The monoisotopic (exact) mass is 846 g/mol. The minimum atomic E-state index is 0.580. The van der Waals surface area contributed by atoms with Crippen molar-refractivity contribution < 1.29 is 4.42 Å². The van der Waals surface area contributed by atoms with Gasteiger partial charge in [0.05, 0.1) is 11.0 Å². The Labute approximate surface area is 376 Å². The number of thiophene rings is 1. The normalized spacial score (nSPS) is 12.0. The Morgan fingerprint density at radius 2 is 0.954 bits per heavy atom. The van der Waals surface area contributed by atoms with Crippen LogP contribution in [0.15, 0.2) is 211 Å². The van der Waals surface area contributed by atoms with Crippen molar-refractivity contribution in [3.8, 4) is 51.0 Å². The minimum Gasteiger partial charge on any atom is -0.456 e. The maximum Gasteiger partial charge on any atom is 0.164 e. The van der Waals surface area contributed by atoms with Gasteiger partial charge in [0.1, 0.15) is 11.2 Å². The zero-order chi connectivity index (χ0) is 42.6. The van der Waals surface area contributed by atoms with Crippen molar-refractivity contribution in [3.63, 3.8) is 0 Å². The molecule has 0 saturated heterocycles. The van der Waals surface area contributed by atoms with Crippen LogP contribution in [0.25, 0.3) is 136 Å². The fourth-order valence-electron chi connectivity index (χ4n) is 10.1. The van der Waals surface area contributed by atoms with Gasteiger partial charge in [0.15, 0.2) is 17.5 Å². The second kappa shape index (κ2) is 14.0. The number of fused-ring (bicyclic) bond motifs is 13. The molecule has 0 atom stereocenters. The van der Waals surface area contributed by atoms with E-state index in [0.717, 1.165) is 55.3 Å². The molecule has 302 valence electrons. The van der Waals surface area contributed by atoms with Crippen LogP contribution in [-0.4, -0.2) is 19.5 Å². The Kier molecular flexibility index (Phi) is 7.79. The molecule has 4 aromatic heterocycles. The summed E-state index contributed by atoms with van der Waals surface area (Å²) in [6.07, 6.45) is 0. The van der Waals surface area contributed by atoms with Gasteiger partial charge in [0.25, 0.3) is 0 Å². The van der Waals surface area contributed by atoms with Crippen molar-refractivity contribution in [2.75, 3.05) is 0 Å². The Morgan fingerprint density at radius 3 is 1.80 bits per heavy atom. The van der Waals surface area contributed by atoms with E-state index in [4.69, 9.17) is 19.4 Å². The van der Waals surface area contributed by atoms with Gasteiger partial charge in [-0.1, -0.05) is 170 Å². The average molecular weight is 847 g/mol. The fraction of sp³-hybridized carbons (Fsp3) is 0. The number of hydrogen-bond donors (Lipinski definition) is 0. The van der Waals surface area contributed by atoms with Crippen LogP contribution in [-0.2, 0) is 0 Å². The lowest BCUT2D eigenvalue weighted by Gasteiger charge is -2.15. The van der Waals surface area contributed by atoms with Gasteiger partial charge in [-0.3, -0.25) is 0 Å². The molecule has 0 amide bonds. The molecule has 65 heavy (non-hydrogen) atoms. The molecular formula is C59H34N4OS. The predicted octanol–water partition coefficient (Wildman–Crippen LogP) is 16.2. The van der Waals surface area contributed by atoms with Crippen molar-refractivity contribution in [1.29, 1.82) is 0 Å². The molecule has 5 nitrogen and oxygen atoms in total. The number of furan rings is 1. The van der Waals surface area contributed by atoms with Crippen LogP contribution in [0.3, 0.4) is 0 Å². The molecule has 4 heterocycles. The average Bonchev–Trinajstić information content (AvgIpc) is 4.06. The molecule has 0 radical (unpaired) electrons. The van der Waals surface area contributed by atoms with Gasteiger partial charge in [-0.05, 0) is 52.6 Å². The largest absolute Gasteiger partial charge is 0.456 e. The summed E-state index contributed by atoms with van der Waals surface area (Å²) in [5.41, 5.74) is 10.1. The van der Waals surface area contributed by atoms with Crippen LogP contribution in [0.1, 0.15) is 0 Å². The number of benzene rings is 10. The first-order valence-electron chi connectivity index (χ1n) is 21.8. The summed E-state index contributed by atoms with van der Waals surface area (Å²) in [7, 11) is 0. The van der Waals surface area contributed by atoms with Crippen LogP contribution in [0.2, 0.25) is 0 Å². The third-order valence-electron chi connectivity index (χ3n) is 13.0. The zero-order valence-electron chi connectivity index (χ0n) is 34.7. The first kappa shape index (κ1) is 36.1. The Morgan fingerprint density at radius 1 is 0.369 bits per heavy atom. The summed E-state index contributed by atoms with van der Waals surface area (Å²) < 4.78 is 11.4. The quantitative estimate of drug-likeness (QED) is 0.173. The standard InChI is InChI=1S/C59H34N4OS/c1-2-15-37(16-3-1)57-60-58(62-59(61-57)39-28-30-44-43-21-8-9-26-50(43)64-51(44)34-39)38-17-10-18-40(33-38)63-54-42-20-7-5-14-36(42)27-31-47(54)45-22-11-23-46(55(45)63)48-24-12-25-49-53-41-19-6-4-13-35(41)29-32-52(53)65-56(48)49/h1-34H. The molecule has 0 aliphatic carbocycles. The maximum absolute atomic E-state index is 6.33. The van der Waals surface area contributed by atoms with E-state index in [0.29, 0.717) is 17.5 Å². The summed E-state index contributed by atoms with van der Waals surface area (Å²) in [6, 6.07) is 73.3. The molecule has 0 bridgehead atoms. The first-order valence-corrected chi connectivity index (χ1v) is 22.7. The van der Waals surface area contributed by atoms with Gasteiger partial charge in [0, 0.05) is 80.6 Å². The number of rotatable bonds is 5. The van der Waals surface area contributed by atoms with Gasteiger partial charge in [-0.25, -0.2) is 15.0 Å². The molecule has 0 spiro atoms. The van der Waals surface area contributed by atoms with Gasteiger partial charge < -0.3 is 8.98 Å². The highest BCUT2D eigenvalue weighted by Gasteiger charge is 2.22. The summed E-state index contributed by atoms with van der Waals surface area (Å²) in [6.45, 7) is 0. The van der Waals surface area contributed by atoms with Crippen LogP contribution >= 0.6 is 11.3 Å². The van der Waals surface area contributed by atoms with Crippen molar-refractivity contribution in [1.82, 2.24) is 19.5 Å². The van der Waals surface area contributed by atoms with E-state index in [2.05, 4.69) is 156 Å². The van der Waals surface area contributed by atoms with Crippen LogP contribution in [0, 0.1) is 0 Å². The topological polar surface area (TPSA) is 56.7 Å². The predicted molar refractivity (Wildman–Crippen MR) is 271 cm³/mol. The van der Waals surface area contributed by atoms with E-state index in [-0.39, 0.29) is 0 Å². The highest BCUT2D eigenvalue weighted by molar-refractivity contribution is 7.26. The number of hydrogen-bond acceptors (Lipinski definition) is 5. The van der Waals surface area contributed by atoms with Crippen LogP contribution in [0.5, 0.6) is 0 Å². The van der Waals surface area contributed by atoms with Crippen LogP contribution < -0.4 is 0 Å². The Balaban J connectivity index is 1.01. The summed E-state index contributed by atoms with van der Waals surface area (Å²) in [5, 5.41) is 12.1. The van der Waals surface area contributed by atoms with E-state index in [9.17, 15) is 0 Å². The number of para-hydroxylation sites is 2. The molecule has 0 N–H and O–H groups in total. The SMILES string of the molecule is c1ccc(-c2nc(-c3cccc(-n4c5c(-c6cccc7c6sc6ccc8ccccc8c67)cccc5c5ccc6ccccc6c54)c3)nc(-c3ccc4c(c3)oc3ccccc34)n2)cc1. The number of nitrogens with zero attached hydrogens (tertiary/aromatic N) is 4. The van der Waals surface area contributed by atoms with E-state index in [1.807, 2.05) is 65.9 Å². The molecule has 14 rings (SSSR count). The van der Waals surface area contributed by atoms with E-state index in [1.165, 1.54) is 63.6 Å². The zero-order valence-corrected chi connectivity index (χ0v) is 35.6. The maximum atomic E-state index is 6.33. The van der Waals surface area contributed by atoms with E-state index >= 15 is 0 Å². The highest BCUT2D eigenvalue weighted by Crippen LogP contribution is 2.47. The lowest BCUT2D eigenvalue weighted by atomic mass is 9.98. The first-order chi connectivity index (χ1) is 32.2. The molecule has 6 heteroatoms. The summed E-state index contributed by atoms with van der Waals surface area (Å²) in [5.74, 6) is 1.78. The lowest BCUT2D eigenvalue weighted by Crippen LogP contribution is -2.01. The third kappa shape index (κ3) is 5.54. The highest BCUT2D eigenvalue weighted by atomic mass is 32.1. The molecule has 10 aromatic carbocycles. The van der Waals surface area contributed by atoms with Crippen molar-refractivity contribution in [2.45, 2.75) is 0 Å². The Bertz CT molecular complexity index is 4260. The molecule has 0 fully saturated rings. The van der Waals surface area contributed by atoms with Crippen LogP contribution in [0.4, 0.5) is 0 Å². The summed E-state index contributed by atoms with van der Waals surface area (Å²) >= 11 is 1.88. The molecule has 0 aliphatic heterocycles. The third-order valence-corrected chi connectivity index (χ3v) is 14.2. The fourth-order valence-corrected chi connectivity index (χ4v) is 11.3. The molecule has 14 aromatic rings. The van der Waals surface area contributed by atoms with Crippen molar-refractivity contribution in [3.05, 3.63) is 206 Å². The minimum absolute atomic E-state index is 0.580. The van der Waals surface area contributed by atoms with E-state index in [1.54, 1.807) is 0 Å². The second-order valence-electron chi connectivity index (χ2n) is 16.7. The smallest absolute Gasteiger partial charge is 0.164 e. The summed E-state index contributed by atoms with van der Waals surface area (Å²) in [4.78, 5) is 15.5. The molecule has 0 unspecified atom stereocenters. The van der Waals surface area contributed by atoms with Crippen molar-refractivity contribution >= 4 is 96.8 Å². The van der Waals surface area contributed by atoms with Gasteiger partial charge >= 0.3 is 0 Å². The second-order valence-corrected chi connectivity index (χ2v) is 17.7. The Hall–Kier alpha value is -8.45. The number of aromatic nitrogens is 4. The van der Waals surface area contributed by atoms with Gasteiger partial charge in [0.2, 0.25) is 0 Å². The molecular weight excluding hydrogens is 813 g/mol.